The Morgan fingerprint density at radius 2 is 1.84 bits per heavy atom. The summed E-state index contributed by atoms with van der Waals surface area (Å²) in [5, 5.41) is 5.63. The lowest BCUT2D eigenvalue weighted by atomic mass is 10.1. The fourth-order valence-electron chi connectivity index (χ4n) is 3.52. The molecule has 0 aliphatic carbocycles. The Morgan fingerprint density at radius 3 is 2.50 bits per heavy atom. The molecule has 1 aliphatic heterocycles. The van der Waals surface area contributed by atoms with Crippen LogP contribution in [0.25, 0.3) is 0 Å². The summed E-state index contributed by atoms with van der Waals surface area (Å²) in [7, 11) is 0. The first-order chi connectivity index (χ1) is 15.4. The van der Waals surface area contributed by atoms with E-state index in [2.05, 4.69) is 5.32 Å². The first-order valence-electron chi connectivity index (χ1n) is 9.90. The summed E-state index contributed by atoms with van der Waals surface area (Å²) in [6.45, 7) is 0.504. The van der Waals surface area contributed by atoms with Crippen LogP contribution in [0.3, 0.4) is 0 Å². The van der Waals surface area contributed by atoms with Crippen molar-refractivity contribution in [1.29, 1.82) is 0 Å². The van der Waals surface area contributed by atoms with Crippen molar-refractivity contribution < 1.29 is 14.0 Å². The molecule has 1 aliphatic rings. The highest BCUT2D eigenvalue weighted by Gasteiger charge is 2.43. The van der Waals surface area contributed by atoms with Gasteiger partial charge >= 0.3 is 0 Å². The van der Waals surface area contributed by atoms with E-state index in [9.17, 15) is 14.0 Å². The van der Waals surface area contributed by atoms with Gasteiger partial charge in [-0.3, -0.25) is 14.5 Å². The largest absolute Gasteiger partial charge is 0.336 e. The predicted octanol–water partition coefficient (Wildman–Crippen LogP) is 5.11. The Morgan fingerprint density at radius 1 is 1.12 bits per heavy atom. The standard InChI is InChI=1S/C23H19ClFN3O2S2/c24-15-3-9-18(10-4-15)28-22(30)20(14-21(29)26-17-7-5-16(25)6-8-17)27(23(28)31)12-11-19-2-1-13-32-19/h1-10,13,20H,11-12,14H2,(H,26,29). The second-order valence-electron chi connectivity index (χ2n) is 7.23. The van der Waals surface area contributed by atoms with Crippen molar-refractivity contribution in [3.63, 3.8) is 0 Å². The molecule has 2 amide bonds. The quantitative estimate of drug-likeness (QED) is 0.470. The molecule has 1 unspecified atom stereocenters. The highest BCUT2D eigenvalue weighted by molar-refractivity contribution is 7.80. The van der Waals surface area contributed by atoms with Crippen molar-refractivity contribution in [2.75, 3.05) is 16.8 Å². The van der Waals surface area contributed by atoms with Gasteiger partial charge in [0.05, 0.1) is 12.1 Å². The molecular weight excluding hydrogens is 469 g/mol. The van der Waals surface area contributed by atoms with E-state index < -0.39 is 11.9 Å². The molecule has 1 saturated heterocycles. The number of hydrogen-bond donors (Lipinski definition) is 1. The van der Waals surface area contributed by atoms with Crippen molar-refractivity contribution in [3.8, 4) is 0 Å². The molecule has 32 heavy (non-hydrogen) atoms. The lowest BCUT2D eigenvalue weighted by molar-refractivity contribution is -0.124. The molecule has 0 bridgehead atoms. The van der Waals surface area contributed by atoms with Crippen LogP contribution in [-0.2, 0) is 16.0 Å². The summed E-state index contributed by atoms with van der Waals surface area (Å²) in [6.07, 6.45) is 0.626. The number of benzene rings is 2. The Bertz CT molecular complexity index is 1120. The molecule has 1 atom stereocenters. The maximum absolute atomic E-state index is 13.3. The molecular formula is C23H19ClFN3O2S2. The zero-order valence-electron chi connectivity index (χ0n) is 16.8. The average molecular weight is 488 g/mol. The number of halogens is 2. The van der Waals surface area contributed by atoms with E-state index in [1.165, 1.54) is 34.0 Å². The van der Waals surface area contributed by atoms with E-state index in [4.69, 9.17) is 23.8 Å². The number of nitrogens with zero attached hydrogens (tertiary/aromatic N) is 2. The van der Waals surface area contributed by atoms with Gasteiger partial charge in [0.1, 0.15) is 11.9 Å². The molecule has 3 aromatic rings. The van der Waals surface area contributed by atoms with Gasteiger partial charge < -0.3 is 10.2 Å². The number of carbonyl (C=O) groups excluding carboxylic acids is 2. The van der Waals surface area contributed by atoms with E-state index in [1.807, 2.05) is 17.5 Å². The third-order valence-electron chi connectivity index (χ3n) is 5.09. The van der Waals surface area contributed by atoms with E-state index in [1.54, 1.807) is 40.5 Å². The second kappa shape index (κ2) is 9.77. The number of nitrogens with one attached hydrogen (secondary N) is 1. The Balaban J connectivity index is 1.54. The monoisotopic (exact) mass is 487 g/mol. The molecule has 1 aromatic heterocycles. The average Bonchev–Trinajstić information content (AvgIpc) is 3.36. The molecule has 4 rings (SSSR count). The number of rotatable bonds is 7. The van der Waals surface area contributed by atoms with Crippen LogP contribution >= 0.6 is 35.2 Å². The molecule has 164 valence electrons. The van der Waals surface area contributed by atoms with Crippen molar-refractivity contribution in [3.05, 3.63) is 81.8 Å². The van der Waals surface area contributed by atoms with Crippen LogP contribution < -0.4 is 10.2 Å². The first kappa shape index (κ1) is 22.4. The molecule has 9 heteroatoms. The van der Waals surface area contributed by atoms with Crippen molar-refractivity contribution in [2.24, 2.45) is 0 Å². The lowest BCUT2D eigenvalue weighted by Crippen LogP contribution is -2.39. The van der Waals surface area contributed by atoms with Gasteiger partial charge in [-0.15, -0.1) is 11.3 Å². The molecule has 1 N–H and O–H groups in total. The van der Waals surface area contributed by atoms with Gasteiger partial charge in [0.25, 0.3) is 5.91 Å². The van der Waals surface area contributed by atoms with Crippen LogP contribution in [0.1, 0.15) is 11.3 Å². The predicted molar refractivity (Wildman–Crippen MR) is 130 cm³/mol. The molecule has 2 heterocycles. The summed E-state index contributed by atoms with van der Waals surface area (Å²) in [6, 6.07) is 15.6. The van der Waals surface area contributed by atoms with Crippen molar-refractivity contribution in [2.45, 2.75) is 18.9 Å². The normalized spacial score (nSPS) is 16.0. The van der Waals surface area contributed by atoms with E-state index in [0.29, 0.717) is 34.5 Å². The SMILES string of the molecule is O=C(CC1C(=O)N(c2ccc(Cl)cc2)C(=S)N1CCc1cccs1)Nc1ccc(F)cc1. The zero-order valence-corrected chi connectivity index (χ0v) is 19.2. The molecule has 2 aromatic carbocycles. The highest BCUT2D eigenvalue weighted by atomic mass is 35.5. The number of carbonyl (C=O) groups is 2. The Hall–Kier alpha value is -2.81. The third kappa shape index (κ3) is 4.98. The summed E-state index contributed by atoms with van der Waals surface area (Å²) in [5.74, 6) is -1.01. The first-order valence-corrected chi connectivity index (χ1v) is 11.6. The molecule has 0 radical (unpaired) electrons. The molecule has 1 fully saturated rings. The van der Waals surface area contributed by atoms with Gasteiger partial charge in [0.2, 0.25) is 5.91 Å². The fraction of sp³-hybridized carbons (Fsp3) is 0.174. The van der Waals surface area contributed by atoms with Crippen LogP contribution in [0.4, 0.5) is 15.8 Å². The number of amides is 2. The summed E-state index contributed by atoms with van der Waals surface area (Å²) in [4.78, 5) is 30.5. The topological polar surface area (TPSA) is 52.7 Å². The zero-order chi connectivity index (χ0) is 22.7. The van der Waals surface area contributed by atoms with E-state index in [0.717, 1.165) is 0 Å². The van der Waals surface area contributed by atoms with Gasteiger partial charge in [-0.05, 0) is 78.6 Å². The van der Waals surface area contributed by atoms with Crippen molar-refractivity contribution >= 4 is 63.5 Å². The van der Waals surface area contributed by atoms with Crippen LogP contribution in [0.5, 0.6) is 0 Å². The molecule has 0 saturated carbocycles. The Labute approximate surface area is 199 Å². The van der Waals surface area contributed by atoms with Gasteiger partial charge in [0.15, 0.2) is 5.11 Å². The molecule has 5 nitrogen and oxygen atoms in total. The minimum Gasteiger partial charge on any atom is -0.336 e. The maximum atomic E-state index is 13.3. The van der Waals surface area contributed by atoms with Gasteiger partial charge in [0, 0.05) is 22.1 Å². The summed E-state index contributed by atoms with van der Waals surface area (Å²) >= 11 is 13.3. The minimum absolute atomic E-state index is 0.0785. The van der Waals surface area contributed by atoms with Crippen LogP contribution in [0.2, 0.25) is 5.02 Å². The number of hydrogen-bond acceptors (Lipinski definition) is 4. The third-order valence-corrected chi connectivity index (χ3v) is 6.69. The van der Waals surface area contributed by atoms with Crippen LogP contribution in [0, 0.1) is 5.82 Å². The number of thiocarbonyl (C=S) groups is 1. The number of anilines is 2. The minimum atomic E-state index is -0.737. The van der Waals surface area contributed by atoms with Gasteiger partial charge in [-0.25, -0.2) is 4.39 Å². The van der Waals surface area contributed by atoms with Crippen LogP contribution in [0.15, 0.2) is 66.0 Å². The van der Waals surface area contributed by atoms with E-state index in [-0.39, 0.29) is 18.2 Å². The Kier molecular flexibility index (Phi) is 6.83. The maximum Gasteiger partial charge on any atom is 0.256 e. The summed E-state index contributed by atoms with van der Waals surface area (Å²) in [5.41, 5.74) is 1.07. The molecule has 0 spiro atoms. The number of thiophene rings is 1. The van der Waals surface area contributed by atoms with Crippen LogP contribution in [-0.4, -0.2) is 34.4 Å². The van der Waals surface area contributed by atoms with Crippen molar-refractivity contribution in [1.82, 2.24) is 4.90 Å². The highest BCUT2D eigenvalue weighted by Crippen LogP contribution is 2.29. The smallest absolute Gasteiger partial charge is 0.256 e. The van der Waals surface area contributed by atoms with Gasteiger partial charge in [-0.2, -0.15) is 0 Å². The van der Waals surface area contributed by atoms with Gasteiger partial charge in [-0.1, -0.05) is 17.7 Å². The lowest BCUT2D eigenvalue weighted by Gasteiger charge is -2.23. The fourth-order valence-corrected chi connectivity index (χ4v) is 4.76. The van der Waals surface area contributed by atoms with E-state index >= 15 is 0 Å². The summed E-state index contributed by atoms with van der Waals surface area (Å²) < 4.78 is 13.1. The second-order valence-corrected chi connectivity index (χ2v) is 9.06.